The summed E-state index contributed by atoms with van der Waals surface area (Å²) in [4.78, 5) is 13.2. The molecule has 0 aliphatic carbocycles. The lowest BCUT2D eigenvalue weighted by Gasteiger charge is -2.24. The van der Waals surface area contributed by atoms with E-state index in [0.717, 1.165) is 37.9 Å². The van der Waals surface area contributed by atoms with Crippen molar-refractivity contribution in [1.29, 1.82) is 0 Å². The van der Waals surface area contributed by atoms with Crippen LogP contribution in [0.5, 0.6) is 0 Å². The third-order valence-corrected chi connectivity index (χ3v) is 2.98. The molecule has 0 spiro atoms. The van der Waals surface area contributed by atoms with E-state index in [4.69, 9.17) is 11.6 Å². The van der Waals surface area contributed by atoms with Crippen LogP contribution in [0.4, 0.5) is 5.69 Å². The second-order valence-corrected chi connectivity index (χ2v) is 4.13. The number of hydrogen-bond acceptors (Lipinski definition) is 2. The molecular weight excluding hydrogens is 222 g/mol. The van der Waals surface area contributed by atoms with Gasteiger partial charge in [-0.25, -0.2) is 0 Å². The number of benzene rings is 1. The predicted octanol–water partition coefficient (Wildman–Crippen LogP) is 3.78. The molecule has 0 aromatic heterocycles. The minimum atomic E-state index is 0.530. The van der Waals surface area contributed by atoms with Gasteiger partial charge in [0, 0.05) is 18.8 Å². The molecule has 0 aliphatic rings. The van der Waals surface area contributed by atoms with Crippen molar-refractivity contribution in [3.63, 3.8) is 0 Å². The van der Waals surface area contributed by atoms with Gasteiger partial charge in [0.2, 0.25) is 0 Å². The van der Waals surface area contributed by atoms with Crippen LogP contribution in [0.15, 0.2) is 18.2 Å². The van der Waals surface area contributed by atoms with Gasteiger partial charge in [0.25, 0.3) is 0 Å². The molecule has 0 N–H and O–H groups in total. The first-order chi connectivity index (χ1) is 7.74. The molecule has 0 unspecified atom stereocenters. The van der Waals surface area contributed by atoms with E-state index in [1.807, 2.05) is 12.1 Å². The highest BCUT2D eigenvalue weighted by molar-refractivity contribution is 6.33. The highest BCUT2D eigenvalue weighted by Gasteiger charge is 2.11. The van der Waals surface area contributed by atoms with Gasteiger partial charge in [-0.05, 0) is 25.5 Å². The number of rotatable bonds is 6. The Morgan fingerprint density at radius 1 is 1.38 bits per heavy atom. The lowest BCUT2D eigenvalue weighted by Crippen LogP contribution is -2.25. The van der Waals surface area contributed by atoms with E-state index < -0.39 is 0 Å². The number of nitrogens with zero attached hydrogens (tertiary/aromatic N) is 1. The first-order valence-electron chi connectivity index (χ1n) is 5.73. The maximum atomic E-state index is 11.0. The Kier molecular flexibility index (Phi) is 5.33. The molecule has 0 bridgehead atoms. The second kappa shape index (κ2) is 6.54. The Labute approximate surface area is 102 Å². The van der Waals surface area contributed by atoms with E-state index in [2.05, 4.69) is 18.7 Å². The minimum Gasteiger partial charge on any atom is -0.371 e. The molecule has 88 valence electrons. The van der Waals surface area contributed by atoms with Gasteiger partial charge in [0.15, 0.2) is 6.29 Å². The topological polar surface area (TPSA) is 20.3 Å². The lowest BCUT2D eigenvalue weighted by atomic mass is 10.1. The molecule has 0 saturated carbocycles. The van der Waals surface area contributed by atoms with E-state index in [9.17, 15) is 4.79 Å². The Bertz CT molecular complexity index is 352. The maximum Gasteiger partial charge on any atom is 0.153 e. The second-order valence-electron chi connectivity index (χ2n) is 3.72. The fourth-order valence-corrected chi connectivity index (χ4v) is 1.93. The van der Waals surface area contributed by atoms with Crippen molar-refractivity contribution in [3.8, 4) is 0 Å². The molecule has 0 radical (unpaired) electrons. The first kappa shape index (κ1) is 13.0. The summed E-state index contributed by atoms with van der Waals surface area (Å²) in [6.07, 6.45) is 3.11. The van der Waals surface area contributed by atoms with Crippen molar-refractivity contribution < 1.29 is 4.79 Å². The molecule has 2 nitrogen and oxygen atoms in total. The molecule has 0 fully saturated rings. The summed E-state index contributed by atoms with van der Waals surface area (Å²) in [6, 6.07) is 5.59. The first-order valence-corrected chi connectivity index (χ1v) is 6.11. The van der Waals surface area contributed by atoms with Crippen LogP contribution in [-0.2, 0) is 0 Å². The minimum absolute atomic E-state index is 0.530. The predicted molar refractivity (Wildman–Crippen MR) is 69.6 cm³/mol. The van der Waals surface area contributed by atoms with Gasteiger partial charge in [-0.1, -0.05) is 31.0 Å². The Morgan fingerprint density at radius 2 is 2.12 bits per heavy atom. The summed E-state index contributed by atoms with van der Waals surface area (Å²) in [5, 5.41) is 0.530. The fraction of sp³-hybridized carbons (Fsp3) is 0.462. The van der Waals surface area contributed by atoms with Crippen LogP contribution < -0.4 is 4.90 Å². The van der Waals surface area contributed by atoms with Crippen LogP contribution in [0.2, 0.25) is 5.02 Å². The number of unbranched alkanes of at least 4 members (excludes halogenated alkanes) is 1. The van der Waals surface area contributed by atoms with Crippen molar-refractivity contribution in [2.45, 2.75) is 26.7 Å². The Hall–Kier alpha value is -1.02. The van der Waals surface area contributed by atoms with Crippen molar-refractivity contribution in [3.05, 3.63) is 28.8 Å². The normalized spacial score (nSPS) is 10.2. The molecule has 1 rings (SSSR count). The SMILES string of the molecule is CCCCN(CC)c1cccc(Cl)c1C=O. The highest BCUT2D eigenvalue weighted by atomic mass is 35.5. The number of carbonyl (C=O) groups excluding carboxylic acids is 1. The molecule has 0 atom stereocenters. The number of aldehydes is 1. The Morgan fingerprint density at radius 3 is 2.69 bits per heavy atom. The molecular formula is C13H18ClNO. The molecule has 1 aromatic rings. The zero-order chi connectivity index (χ0) is 12.0. The molecule has 1 aromatic carbocycles. The van der Waals surface area contributed by atoms with Crippen LogP contribution in [0.3, 0.4) is 0 Å². The monoisotopic (exact) mass is 239 g/mol. The van der Waals surface area contributed by atoms with Crippen LogP contribution in [-0.4, -0.2) is 19.4 Å². The summed E-state index contributed by atoms with van der Waals surface area (Å²) in [5.41, 5.74) is 1.54. The standard InChI is InChI=1S/C13H18ClNO/c1-3-5-9-15(4-2)13-8-6-7-12(14)11(13)10-16/h6-8,10H,3-5,9H2,1-2H3. The smallest absolute Gasteiger partial charge is 0.153 e. The summed E-state index contributed by atoms with van der Waals surface area (Å²) >= 11 is 6.01. The number of carbonyl (C=O) groups is 1. The van der Waals surface area contributed by atoms with E-state index in [1.165, 1.54) is 0 Å². The number of anilines is 1. The largest absolute Gasteiger partial charge is 0.371 e. The molecule has 16 heavy (non-hydrogen) atoms. The van der Waals surface area contributed by atoms with Gasteiger partial charge in [-0.3, -0.25) is 4.79 Å². The third kappa shape index (κ3) is 2.99. The summed E-state index contributed by atoms with van der Waals surface area (Å²) < 4.78 is 0. The van der Waals surface area contributed by atoms with E-state index in [-0.39, 0.29) is 0 Å². The van der Waals surface area contributed by atoms with Crippen molar-refractivity contribution in [2.24, 2.45) is 0 Å². The maximum absolute atomic E-state index is 11.0. The summed E-state index contributed by atoms with van der Waals surface area (Å²) in [5.74, 6) is 0. The number of halogens is 1. The molecule has 0 amide bonds. The van der Waals surface area contributed by atoms with Crippen LogP contribution in [0.25, 0.3) is 0 Å². The van der Waals surface area contributed by atoms with Crippen molar-refractivity contribution in [2.75, 3.05) is 18.0 Å². The molecule has 3 heteroatoms. The number of hydrogen-bond donors (Lipinski definition) is 0. The fourth-order valence-electron chi connectivity index (χ4n) is 1.72. The van der Waals surface area contributed by atoms with E-state index in [0.29, 0.717) is 10.6 Å². The van der Waals surface area contributed by atoms with E-state index in [1.54, 1.807) is 6.07 Å². The zero-order valence-corrected chi connectivity index (χ0v) is 10.6. The van der Waals surface area contributed by atoms with Gasteiger partial charge in [0.1, 0.15) is 0 Å². The van der Waals surface area contributed by atoms with Crippen LogP contribution in [0, 0.1) is 0 Å². The summed E-state index contributed by atoms with van der Waals surface area (Å²) in [7, 11) is 0. The third-order valence-electron chi connectivity index (χ3n) is 2.65. The van der Waals surface area contributed by atoms with Gasteiger partial charge in [0.05, 0.1) is 10.6 Å². The average Bonchev–Trinajstić information content (AvgIpc) is 2.30. The van der Waals surface area contributed by atoms with Crippen molar-refractivity contribution in [1.82, 2.24) is 0 Å². The van der Waals surface area contributed by atoms with Gasteiger partial charge < -0.3 is 4.90 Å². The zero-order valence-electron chi connectivity index (χ0n) is 9.87. The average molecular weight is 240 g/mol. The van der Waals surface area contributed by atoms with Crippen molar-refractivity contribution >= 4 is 23.6 Å². The quantitative estimate of drug-likeness (QED) is 0.705. The highest BCUT2D eigenvalue weighted by Crippen LogP contribution is 2.26. The Balaban J connectivity index is 2.99. The summed E-state index contributed by atoms with van der Waals surface area (Å²) in [6.45, 7) is 6.10. The van der Waals surface area contributed by atoms with Gasteiger partial charge in [-0.15, -0.1) is 0 Å². The lowest BCUT2D eigenvalue weighted by molar-refractivity contribution is 0.112. The van der Waals surface area contributed by atoms with Gasteiger partial charge >= 0.3 is 0 Å². The van der Waals surface area contributed by atoms with Crippen LogP contribution in [0.1, 0.15) is 37.0 Å². The van der Waals surface area contributed by atoms with Crippen LogP contribution >= 0.6 is 11.6 Å². The molecule has 0 saturated heterocycles. The van der Waals surface area contributed by atoms with E-state index >= 15 is 0 Å². The molecule has 0 aliphatic heterocycles. The van der Waals surface area contributed by atoms with Gasteiger partial charge in [-0.2, -0.15) is 0 Å². The molecule has 0 heterocycles.